The Bertz CT molecular complexity index is 366. The Morgan fingerprint density at radius 1 is 1.40 bits per heavy atom. The molecule has 0 aliphatic heterocycles. The van der Waals surface area contributed by atoms with E-state index in [9.17, 15) is 4.79 Å². The number of hydrogen-bond acceptors (Lipinski definition) is 2. The van der Waals surface area contributed by atoms with Crippen LogP contribution in [0.25, 0.3) is 5.57 Å². The summed E-state index contributed by atoms with van der Waals surface area (Å²) in [5.41, 5.74) is 2.66. The van der Waals surface area contributed by atoms with Crippen LogP contribution in [0.2, 0.25) is 0 Å². The minimum absolute atomic E-state index is 0.302. The molecule has 0 fully saturated rings. The molecule has 0 atom stereocenters. The molecule has 0 saturated carbocycles. The van der Waals surface area contributed by atoms with Gasteiger partial charge in [-0.3, -0.25) is 0 Å². The van der Waals surface area contributed by atoms with Gasteiger partial charge >= 0.3 is 5.97 Å². The zero-order valence-electron chi connectivity index (χ0n) is 8.79. The van der Waals surface area contributed by atoms with E-state index in [1.54, 1.807) is 6.08 Å². The average Bonchev–Trinajstić information content (AvgIpc) is 2.30. The highest BCUT2D eigenvalue weighted by atomic mass is 79.9. The van der Waals surface area contributed by atoms with Crippen LogP contribution in [0.15, 0.2) is 30.3 Å². The molecule has 0 N–H and O–H groups in total. The summed E-state index contributed by atoms with van der Waals surface area (Å²) in [6.07, 6.45) is 1.76. The second-order valence-corrected chi connectivity index (χ2v) is 3.59. The summed E-state index contributed by atoms with van der Waals surface area (Å²) < 4.78 is 4.70. The molecule has 0 aliphatic carbocycles. The number of allylic oxidation sites excluding steroid dienone is 1. The van der Waals surface area contributed by atoms with E-state index in [-0.39, 0.29) is 5.97 Å². The first-order chi connectivity index (χ1) is 7.22. The molecule has 0 bridgehead atoms. The largest absolute Gasteiger partial charge is 0.465 e. The fourth-order valence-electron chi connectivity index (χ4n) is 1.29. The van der Waals surface area contributed by atoms with E-state index >= 15 is 0 Å². The molecular formula is C12H13BrO2. The number of esters is 1. The minimum atomic E-state index is -0.302. The third-order valence-electron chi connectivity index (χ3n) is 2.11. The number of alkyl halides is 1. The number of halogens is 1. The van der Waals surface area contributed by atoms with E-state index < -0.39 is 0 Å². The van der Waals surface area contributed by atoms with E-state index in [1.807, 2.05) is 31.2 Å². The number of rotatable bonds is 3. The van der Waals surface area contributed by atoms with Crippen LogP contribution in [0.1, 0.15) is 18.1 Å². The molecule has 1 aromatic rings. The lowest BCUT2D eigenvalue weighted by atomic mass is 10.0. The molecule has 1 rings (SSSR count). The number of carbonyl (C=O) groups excluding carboxylic acids is 1. The van der Waals surface area contributed by atoms with Crippen LogP contribution < -0.4 is 0 Å². The van der Waals surface area contributed by atoms with Crippen molar-refractivity contribution in [3.63, 3.8) is 0 Å². The fourth-order valence-corrected chi connectivity index (χ4v) is 1.66. The molecule has 0 aliphatic rings. The topological polar surface area (TPSA) is 26.3 Å². The van der Waals surface area contributed by atoms with Gasteiger partial charge in [0.15, 0.2) is 0 Å². The van der Waals surface area contributed by atoms with Crippen molar-refractivity contribution in [3.05, 3.63) is 41.5 Å². The van der Waals surface area contributed by atoms with E-state index in [0.29, 0.717) is 5.57 Å². The second kappa shape index (κ2) is 5.71. The van der Waals surface area contributed by atoms with Gasteiger partial charge in [0, 0.05) is 5.33 Å². The Morgan fingerprint density at radius 3 is 2.40 bits per heavy atom. The van der Waals surface area contributed by atoms with Gasteiger partial charge in [-0.1, -0.05) is 46.3 Å². The first-order valence-corrected chi connectivity index (χ1v) is 5.75. The van der Waals surface area contributed by atoms with Crippen molar-refractivity contribution in [3.8, 4) is 0 Å². The molecule has 80 valence electrons. The lowest BCUT2D eigenvalue weighted by molar-refractivity contribution is -0.133. The summed E-state index contributed by atoms with van der Waals surface area (Å²) in [6.45, 7) is 1.82. The molecule has 0 aromatic heterocycles. The predicted molar refractivity (Wildman–Crippen MR) is 64.7 cm³/mol. The van der Waals surface area contributed by atoms with Crippen LogP contribution >= 0.6 is 15.9 Å². The molecule has 0 unspecified atom stereocenters. The van der Waals surface area contributed by atoms with Crippen molar-refractivity contribution in [2.24, 2.45) is 0 Å². The van der Waals surface area contributed by atoms with Gasteiger partial charge in [-0.25, -0.2) is 4.79 Å². The van der Waals surface area contributed by atoms with Gasteiger partial charge in [-0.2, -0.15) is 0 Å². The summed E-state index contributed by atoms with van der Waals surface area (Å²) in [5, 5.41) is 0.816. The number of carbonyl (C=O) groups is 1. The van der Waals surface area contributed by atoms with Crippen LogP contribution in [0, 0.1) is 0 Å². The molecule has 2 nitrogen and oxygen atoms in total. The number of ether oxygens (including phenoxy) is 1. The second-order valence-electron chi connectivity index (χ2n) is 3.02. The van der Waals surface area contributed by atoms with Gasteiger partial charge in [-0.05, 0) is 18.1 Å². The summed E-state index contributed by atoms with van der Waals surface area (Å²) in [6, 6.07) is 7.80. The highest BCUT2D eigenvalue weighted by Gasteiger charge is 2.10. The number of hydrogen-bond donors (Lipinski definition) is 0. The van der Waals surface area contributed by atoms with Gasteiger partial charge < -0.3 is 4.74 Å². The quantitative estimate of drug-likeness (QED) is 0.478. The predicted octanol–water partition coefficient (Wildman–Crippen LogP) is 3.16. The molecule has 0 saturated heterocycles. The first kappa shape index (κ1) is 12.0. The number of methoxy groups -OCH3 is 1. The average molecular weight is 269 g/mol. The van der Waals surface area contributed by atoms with Crippen LogP contribution in [-0.2, 0) is 14.9 Å². The van der Waals surface area contributed by atoms with Crippen molar-refractivity contribution >= 4 is 27.5 Å². The Hall–Kier alpha value is -1.09. The maximum absolute atomic E-state index is 11.4. The molecule has 15 heavy (non-hydrogen) atoms. The Balaban J connectivity index is 2.99. The van der Waals surface area contributed by atoms with Crippen molar-refractivity contribution in [2.75, 3.05) is 7.11 Å². The van der Waals surface area contributed by atoms with E-state index in [4.69, 9.17) is 4.74 Å². The zero-order chi connectivity index (χ0) is 11.3. The molecule has 0 radical (unpaired) electrons. The lowest BCUT2D eigenvalue weighted by Crippen LogP contribution is -2.03. The lowest BCUT2D eigenvalue weighted by Gasteiger charge is -2.05. The fraction of sp³-hybridized carbons (Fsp3) is 0.250. The number of benzene rings is 1. The molecule has 0 amide bonds. The van der Waals surface area contributed by atoms with Gasteiger partial charge in [0.25, 0.3) is 0 Å². The van der Waals surface area contributed by atoms with Crippen molar-refractivity contribution < 1.29 is 9.53 Å². The molecule has 0 spiro atoms. The van der Waals surface area contributed by atoms with Crippen LogP contribution in [0.4, 0.5) is 0 Å². The highest BCUT2D eigenvalue weighted by Crippen LogP contribution is 2.17. The summed E-state index contributed by atoms with van der Waals surface area (Å²) >= 11 is 3.37. The summed E-state index contributed by atoms with van der Waals surface area (Å²) in [7, 11) is 1.39. The zero-order valence-corrected chi connectivity index (χ0v) is 10.4. The van der Waals surface area contributed by atoms with Crippen LogP contribution in [0.5, 0.6) is 0 Å². The maximum Gasteiger partial charge on any atom is 0.338 e. The Kier molecular flexibility index (Phi) is 4.56. The van der Waals surface area contributed by atoms with Crippen molar-refractivity contribution in [2.45, 2.75) is 12.3 Å². The van der Waals surface area contributed by atoms with E-state index in [0.717, 1.165) is 10.9 Å². The van der Waals surface area contributed by atoms with Crippen LogP contribution in [-0.4, -0.2) is 13.1 Å². The SMILES string of the molecule is CC=C(C(=O)OC)c1ccc(CBr)cc1. The van der Waals surface area contributed by atoms with Gasteiger partial charge in [0.1, 0.15) is 0 Å². The third kappa shape index (κ3) is 2.93. The molecule has 0 heterocycles. The Labute approximate surface area is 98.1 Å². The van der Waals surface area contributed by atoms with Gasteiger partial charge in [-0.15, -0.1) is 0 Å². The first-order valence-electron chi connectivity index (χ1n) is 4.62. The van der Waals surface area contributed by atoms with Gasteiger partial charge in [0.2, 0.25) is 0 Å². The monoisotopic (exact) mass is 268 g/mol. The normalized spacial score (nSPS) is 11.3. The van der Waals surface area contributed by atoms with Crippen molar-refractivity contribution in [1.82, 2.24) is 0 Å². The smallest absolute Gasteiger partial charge is 0.338 e. The molecule has 3 heteroatoms. The standard InChI is InChI=1S/C12H13BrO2/c1-3-11(12(14)15-2)10-6-4-9(8-13)5-7-10/h3-7H,8H2,1-2H3. The Morgan fingerprint density at radius 2 is 2.00 bits per heavy atom. The van der Waals surface area contributed by atoms with E-state index in [2.05, 4.69) is 15.9 Å². The maximum atomic E-state index is 11.4. The molecule has 1 aromatic carbocycles. The van der Waals surface area contributed by atoms with Crippen LogP contribution in [0.3, 0.4) is 0 Å². The molecular weight excluding hydrogens is 256 g/mol. The summed E-state index contributed by atoms with van der Waals surface area (Å²) in [5.74, 6) is -0.302. The summed E-state index contributed by atoms with van der Waals surface area (Å²) in [4.78, 5) is 11.4. The van der Waals surface area contributed by atoms with Crippen molar-refractivity contribution in [1.29, 1.82) is 0 Å². The minimum Gasteiger partial charge on any atom is -0.465 e. The highest BCUT2D eigenvalue weighted by molar-refractivity contribution is 9.08. The van der Waals surface area contributed by atoms with E-state index in [1.165, 1.54) is 12.7 Å². The van der Waals surface area contributed by atoms with Gasteiger partial charge in [0.05, 0.1) is 12.7 Å². The third-order valence-corrected chi connectivity index (χ3v) is 2.76.